The van der Waals surface area contributed by atoms with Crippen molar-refractivity contribution in [3.63, 3.8) is 0 Å². The lowest BCUT2D eigenvalue weighted by Crippen LogP contribution is -2.32. The number of hydrogen-bond donors (Lipinski definition) is 2. The summed E-state index contributed by atoms with van der Waals surface area (Å²) in [7, 11) is 1.35. The highest BCUT2D eigenvalue weighted by Gasteiger charge is 2.29. The standard InChI is InChI=1S/C15H20F3N3O2.HI/c1-10(2)7-20-14(19)21-8-11-4-5-12(13(6-11)22-3)23-9-15(16,17)18;/h4-6H,1,7-9H2,2-3H3,(H3,19,20,21);1H. The fourth-order valence-corrected chi connectivity index (χ4v) is 1.56. The molecule has 0 aliphatic heterocycles. The number of ether oxygens (including phenoxy) is 2. The third-order valence-corrected chi connectivity index (χ3v) is 2.62. The van der Waals surface area contributed by atoms with Gasteiger partial charge in [0.1, 0.15) is 0 Å². The van der Waals surface area contributed by atoms with Gasteiger partial charge in [0, 0.05) is 6.54 Å². The fraction of sp³-hybridized carbons (Fsp3) is 0.400. The van der Waals surface area contributed by atoms with Gasteiger partial charge in [0.2, 0.25) is 0 Å². The van der Waals surface area contributed by atoms with Gasteiger partial charge in [-0.3, -0.25) is 0 Å². The average Bonchev–Trinajstić information content (AvgIpc) is 2.48. The van der Waals surface area contributed by atoms with E-state index in [9.17, 15) is 13.2 Å². The molecule has 0 aliphatic rings. The van der Waals surface area contributed by atoms with E-state index in [1.165, 1.54) is 13.2 Å². The Kier molecular flexibility index (Phi) is 9.56. The lowest BCUT2D eigenvalue weighted by atomic mass is 10.2. The lowest BCUT2D eigenvalue weighted by Gasteiger charge is -2.13. The monoisotopic (exact) mass is 459 g/mol. The first-order valence-corrected chi connectivity index (χ1v) is 6.76. The van der Waals surface area contributed by atoms with Crippen molar-refractivity contribution in [1.29, 1.82) is 0 Å². The van der Waals surface area contributed by atoms with Crippen molar-refractivity contribution in [3.8, 4) is 11.5 Å². The lowest BCUT2D eigenvalue weighted by molar-refractivity contribution is -0.153. The highest BCUT2D eigenvalue weighted by molar-refractivity contribution is 14.0. The number of alkyl halides is 3. The van der Waals surface area contributed by atoms with Gasteiger partial charge in [-0.25, -0.2) is 4.99 Å². The number of benzene rings is 1. The molecule has 0 heterocycles. The van der Waals surface area contributed by atoms with Crippen LogP contribution < -0.4 is 20.5 Å². The number of guanidine groups is 1. The molecule has 136 valence electrons. The average molecular weight is 459 g/mol. The predicted molar refractivity (Wildman–Crippen MR) is 98.1 cm³/mol. The van der Waals surface area contributed by atoms with E-state index in [0.29, 0.717) is 6.54 Å². The van der Waals surface area contributed by atoms with Crippen LogP contribution in [0.5, 0.6) is 11.5 Å². The van der Waals surface area contributed by atoms with Crippen molar-refractivity contribution in [2.24, 2.45) is 10.7 Å². The van der Waals surface area contributed by atoms with Gasteiger partial charge in [-0.2, -0.15) is 13.2 Å². The molecule has 3 N–H and O–H groups in total. The van der Waals surface area contributed by atoms with E-state index in [2.05, 4.69) is 16.9 Å². The molecule has 0 aromatic heterocycles. The molecule has 0 unspecified atom stereocenters. The molecular formula is C15H21F3IN3O2. The fourth-order valence-electron chi connectivity index (χ4n) is 1.56. The normalized spacial score (nSPS) is 11.5. The van der Waals surface area contributed by atoms with Crippen LogP contribution in [0.1, 0.15) is 12.5 Å². The van der Waals surface area contributed by atoms with Gasteiger partial charge in [0.25, 0.3) is 0 Å². The molecule has 0 saturated heterocycles. The molecule has 0 atom stereocenters. The molecule has 0 amide bonds. The minimum Gasteiger partial charge on any atom is -0.493 e. The van der Waals surface area contributed by atoms with Crippen molar-refractivity contribution < 1.29 is 22.6 Å². The predicted octanol–water partition coefficient (Wildman–Crippen LogP) is 3.23. The molecule has 0 bridgehead atoms. The second kappa shape index (κ2) is 10.3. The zero-order chi connectivity index (χ0) is 17.5. The van der Waals surface area contributed by atoms with Gasteiger partial charge < -0.3 is 20.5 Å². The molecule has 1 aromatic carbocycles. The summed E-state index contributed by atoms with van der Waals surface area (Å²) in [6, 6.07) is 4.57. The quantitative estimate of drug-likeness (QED) is 0.285. The van der Waals surface area contributed by atoms with Crippen molar-refractivity contribution in [2.45, 2.75) is 19.6 Å². The molecule has 0 fully saturated rings. The van der Waals surface area contributed by atoms with Crippen LogP contribution in [0.15, 0.2) is 35.3 Å². The second-order valence-corrected chi connectivity index (χ2v) is 4.90. The van der Waals surface area contributed by atoms with Crippen molar-refractivity contribution in [1.82, 2.24) is 5.32 Å². The smallest absolute Gasteiger partial charge is 0.422 e. The van der Waals surface area contributed by atoms with E-state index in [4.69, 9.17) is 15.2 Å². The summed E-state index contributed by atoms with van der Waals surface area (Å²) >= 11 is 0. The first-order chi connectivity index (χ1) is 10.7. The molecule has 1 aromatic rings. The number of methoxy groups -OCH3 is 1. The van der Waals surface area contributed by atoms with Crippen molar-refractivity contribution in [2.75, 3.05) is 20.3 Å². The van der Waals surface area contributed by atoms with E-state index >= 15 is 0 Å². The van der Waals surface area contributed by atoms with Crippen LogP contribution in [0, 0.1) is 0 Å². The minimum absolute atomic E-state index is 0. The number of aliphatic imine (C=N–C) groups is 1. The summed E-state index contributed by atoms with van der Waals surface area (Å²) in [6.07, 6.45) is -4.41. The molecule has 1 rings (SSSR count). The molecular weight excluding hydrogens is 438 g/mol. The van der Waals surface area contributed by atoms with Gasteiger partial charge in [-0.15, -0.1) is 24.0 Å². The SMILES string of the molecule is C=C(C)CNC(N)=NCc1ccc(OCC(F)(F)F)c(OC)c1.I. The Morgan fingerprint density at radius 2 is 2.00 bits per heavy atom. The van der Waals surface area contributed by atoms with Crippen LogP contribution in [0.25, 0.3) is 0 Å². The third-order valence-electron chi connectivity index (χ3n) is 2.62. The summed E-state index contributed by atoms with van der Waals surface area (Å²) in [4.78, 5) is 4.12. The summed E-state index contributed by atoms with van der Waals surface area (Å²) in [5, 5.41) is 2.88. The zero-order valence-corrected chi connectivity index (χ0v) is 15.8. The first-order valence-electron chi connectivity index (χ1n) is 6.76. The Labute approximate surface area is 156 Å². The molecule has 24 heavy (non-hydrogen) atoms. The molecule has 0 aliphatic carbocycles. The largest absolute Gasteiger partial charge is 0.493 e. The Bertz CT molecular complexity index is 578. The van der Waals surface area contributed by atoms with Crippen LogP contribution in [0.4, 0.5) is 13.2 Å². The van der Waals surface area contributed by atoms with Crippen LogP contribution >= 0.6 is 24.0 Å². The molecule has 9 heteroatoms. The summed E-state index contributed by atoms with van der Waals surface area (Å²) in [6.45, 7) is 4.98. The third kappa shape index (κ3) is 8.85. The Morgan fingerprint density at radius 3 is 2.54 bits per heavy atom. The highest BCUT2D eigenvalue weighted by atomic mass is 127. The highest BCUT2D eigenvalue weighted by Crippen LogP contribution is 2.30. The van der Waals surface area contributed by atoms with Crippen molar-refractivity contribution in [3.05, 3.63) is 35.9 Å². The maximum Gasteiger partial charge on any atom is 0.422 e. The number of rotatable bonds is 7. The number of nitrogens with zero attached hydrogens (tertiary/aromatic N) is 1. The van der Waals surface area contributed by atoms with E-state index in [0.717, 1.165) is 11.1 Å². The number of nitrogens with two attached hydrogens (primary N) is 1. The van der Waals surface area contributed by atoms with E-state index in [-0.39, 0.29) is 48.0 Å². The van der Waals surface area contributed by atoms with Gasteiger partial charge in [0.05, 0.1) is 13.7 Å². The van der Waals surface area contributed by atoms with Crippen LogP contribution in [0.2, 0.25) is 0 Å². The van der Waals surface area contributed by atoms with Crippen molar-refractivity contribution >= 4 is 29.9 Å². The number of halogens is 4. The Morgan fingerprint density at radius 1 is 1.33 bits per heavy atom. The molecule has 0 radical (unpaired) electrons. The summed E-state index contributed by atoms with van der Waals surface area (Å²) in [5.74, 6) is 0.478. The van der Waals surface area contributed by atoms with Gasteiger partial charge in [-0.1, -0.05) is 18.2 Å². The Balaban J connectivity index is 0.00000529. The van der Waals surface area contributed by atoms with Gasteiger partial charge in [-0.05, 0) is 24.6 Å². The molecule has 0 spiro atoms. The molecule has 0 saturated carbocycles. The summed E-state index contributed by atoms with van der Waals surface area (Å²) in [5.41, 5.74) is 7.32. The van der Waals surface area contributed by atoms with Crippen LogP contribution in [-0.4, -0.2) is 32.4 Å². The van der Waals surface area contributed by atoms with E-state index in [1.54, 1.807) is 12.1 Å². The Hall–Kier alpha value is -1.65. The first kappa shape index (κ1) is 22.4. The van der Waals surface area contributed by atoms with Gasteiger partial charge >= 0.3 is 6.18 Å². The maximum atomic E-state index is 12.2. The van der Waals surface area contributed by atoms with E-state index in [1.807, 2.05) is 6.92 Å². The maximum absolute atomic E-state index is 12.2. The summed E-state index contributed by atoms with van der Waals surface area (Å²) < 4.78 is 46.3. The van der Waals surface area contributed by atoms with Crippen LogP contribution in [0.3, 0.4) is 0 Å². The number of nitrogens with one attached hydrogen (secondary N) is 1. The van der Waals surface area contributed by atoms with E-state index < -0.39 is 12.8 Å². The number of hydrogen-bond acceptors (Lipinski definition) is 3. The zero-order valence-electron chi connectivity index (χ0n) is 13.4. The minimum atomic E-state index is -4.41. The second-order valence-electron chi connectivity index (χ2n) is 4.90. The topological polar surface area (TPSA) is 68.9 Å². The molecule has 5 nitrogen and oxygen atoms in total. The van der Waals surface area contributed by atoms with Crippen LogP contribution in [-0.2, 0) is 6.54 Å². The van der Waals surface area contributed by atoms with Gasteiger partial charge in [0.15, 0.2) is 24.1 Å².